The number of esters is 1. The molecule has 1 saturated heterocycles. The Balaban J connectivity index is 1.83. The summed E-state index contributed by atoms with van der Waals surface area (Å²) < 4.78 is 6.40. The summed E-state index contributed by atoms with van der Waals surface area (Å²) in [6.45, 7) is 5.50. The molecule has 21 heavy (non-hydrogen) atoms. The third-order valence-corrected chi connectivity index (χ3v) is 4.17. The number of methoxy groups -OCH3 is 1. The van der Waals surface area contributed by atoms with Crippen LogP contribution in [0.15, 0.2) is 18.3 Å². The molecule has 0 N–H and O–H groups in total. The minimum absolute atomic E-state index is 0.356. The van der Waals surface area contributed by atoms with E-state index in [4.69, 9.17) is 4.74 Å². The Morgan fingerprint density at radius 1 is 1.38 bits per heavy atom. The molecule has 0 aliphatic carbocycles. The van der Waals surface area contributed by atoms with Crippen LogP contribution in [0.5, 0.6) is 0 Å². The number of rotatable bonds is 3. The average Bonchev–Trinajstić information content (AvgIpc) is 2.97. The van der Waals surface area contributed by atoms with E-state index >= 15 is 0 Å². The number of nitrogens with zero attached hydrogens (tertiary/aromatic N) is 4. The summed E-state index contributed by atoms with van der Waals surface area (Å²) in [6, 6.07) is 3.53. The molecule has 3 rings (SSSR count). The normalized spacial score (nSPS) is 17.2. The van der Waals surface area contributed by atoms with E-state index in [0.29, 0.717) is 11.5 Å². The molecule has 2 aromatic heterocycles. The van der Waals surface area contributed by atoms with Crippen LogP contribution in [-0.4, -0.2) is 52.2 Å². The Hall–Kier alpha value is -1.95. The van der Waals surface area contributed by atoms with E-state index in [-0.39, 0.29) is 5.97 Å². The van der Waals surface area contributed by atoms with Crippen LogP contribution in [-0.2, 0) is 4.74 Å². The van der Waals surface area contributed by atoms with Gasteiger partial charge in [0.05, 0.1) is 12.7 Å². The maximum Gasteiger partial charge on any atom is 0.339 e. The van der Waals surface area contributed by atoms with E-state index in [2.05, 4.69) is 21.9 Å². The van der Waals surface area contributed by atoms with Crippen molar-refractivity contribution in [1.82, 2.24) is 19.5 Å². The molecule has 0 bridgehead atoms. The average molecular weight is 288 g/mol. The number of fused-ring (bicyclic) bond motifs is 1. The van der Waals surface area contributed by atoms with Crippen molar-refractivity contribution < 1.29 is 9.53 Å². The van der Waals surface area contributed by atoms with Crippen LogP contribution in [0.3, 0.4) is 0 Å². The van der Waals surface area contributed by atoms with Crippen molar-refractivity contribution in [1.29, 1.82) is 0 Å². The molecule has 1 aliphatic heterocycles. The van der Waals surface area contributed by atoms with Crippen LogP contribution < -0.4 is 0 Å². The first-order valence-corrected chi connectivity index (χ1v) is 7.38. The largest absolute Gasteiger partial charge is 0.465 e. The molecule has 2 aromatic rings. The summed E-state index contributed by atoms with van der Waals surface area (Å²) in [5.74, 6) is 0.937. The van der Waals surface area contributed by atoms with Crippen LogP contribution in [0, 0.1) is 0 Å². The first-order valence-electron chi connectivity index (χ1n) is 7.38. The van der Waals surface area contributed by atoms with Gasteiger partial charge in [-0.2, -0.15) is 5.10 Å². The molecular weight excluding hydrogens is 268 g/mol. The van der Waals surface area contributed by atoms with Crippen LogP contribution in [0.1, 0.15) is 41.9 Å². The molecule has 6 heteroatoms. The minimum atomic E-state index is -0.356. The van der Waals surface area contributed by atoms with Gasteiger partial charge in [-0.25, -0.2) is 14.3 Å². The highest BCUT2D eigenvalue weighted by atomic mass is 16.5. The monoisotopic (exact) mass is 288 g/mol. The molecular formula is C15H20N4O2. The van der Waals surface area contributed by atoms with Crippen molar-refractivity contribution in [2.24, 2.45) is 0 Å². The van der Waals surface area contributed by atoms with E-state index in [9.17, 15) is 4.79 Å². The van der Waals surface area contributed by atoms with Crippen LogP contribution in [0.4, 0.5) is 0 Å². The summed E-state index contributed by atoms with van der Waals surface area (Å²) >= 11 is 0. The summed E-state index contributed by atoms with van der Waals surface area (Å²) in [6.07, 6.45) is 3.86. The highest BCUT2D eigenvalue weighted by Crippen LogP contribution is 2.25. The molecule has 0 radical (unpaired) electrons. The van der Waals surface area contributed by atoms with Crippen LogP contribution in [0.2, 0.25) is 0 Å². The van der Waals surface area contributed by atoms with Crippen molar-refractivity contribution in [3.05, 3.63) is 29.7 Å². The zero-order valence-corrected chi connectivity index (χ0v) is 12.5. The molecule has 1 aliphatic rings. The third kappa shape index (κ3) is 2.76. The van der Waals surface area contributed by atoms with Gasteiger partial charge in [0.1, 0.15) is 0 Å². The summed E-state index contributed by atoms with van der Waals surface area (Å²) in [7, 11) is 1.38. The highest BCUT2D eigenvalue weighted by Gasteiger charge is 2.23. The highest BCUT2D eigenvalue weighted by molar-refractivity contribution is 5.89. The lowest BCUT2D eigenvalue weighted by molar-refractivity contribution is 0.0600. The minimum Gasteiger partial charge on any atom is -0.465 e. The molecule has 112 valence electrons. The predicted octanol–water partition coefficient (Wildman–Crippen LogP) is 1.72. The smallest absolute Gasteiger partial charge is 0.339 e. The van der Waals surface area contributed by atoms with Crippen LogP contribution >= 0.6 is 0 Å². The fraction of sp³-hybridized carbons (Fsp3) is 0.533. The lowest BCUT2D eigenvalue weighted by atomic mass is 9.96. The molecule has 0 amide bonds. The molecule has 0 atom stereocenters. The second-order valence-electron chi connectivity index (χ2n) is 5.39. The number of hydrogen-bond acceptors (Lipinski definition) is 5. The number of hydrogen-bond donors (Lipinski definition) is 0. The molecule has 0 aromatic carbocycles. The zero-order valence-electron chi connectivity index (χ0n) is 12.5. The first kappa shape index (κ1) is 14.0. The van der Waals surface area contributed by atoms with Crippen molar-refractivity contribution in [3.63, 3.8) is 0 Å². The lowest BCUT2D eigenvalue weighted by Gasteiger charge is -2.29. The van der Waals surface area contributed by atoms with Gasteiger partial charge in [0.25, 0.3) is 0 Å². The topological polar surface area (TPSA) is 59.7 Å². The summed E-state index contributed by atoms with van der Waals surface area (Å²) in [5.41, 5.74) is 1.26. The van der Waals surface area contributed by atoms with E-state index < -0.39 is 0 Å². The van der Waals surface area contributed by atoms with Crippen molar-refractivity contribution in [2.75, 3.05) is 26.7 Å². The van der Waals surface area contributed by atoms with Gasteiger partial charge in [-0.05, 0) is 44.6 Å². The summed E-state index contributed by atoms with van der Waals surface area (Å²) in [4.78, 5) is 18.6. The zero-order chi connectivity index (χ0) is 14.8. The third-order valence-electron chi connectivity index (χ3n) is 4.17. The Morgan fingerprint density at radius 2 is 2.14 bits per heavy atom. The second kappa shape index (κ2) is 5.81. The lowest BCUT2D eigenvalue weighted by Crippen LogP contribution is -2.32. The van der Waals surface area contributed by atoms with Gasteiger partial charge in [0.15, 0.2) is 11.5 Å². The molecule has 1 fully saturated rings. The van der Waals surface area contributed by atoms with Crippen molar-refractivity contribution in [3.8, 4) is 0 Å². The maximum absolute atomic E-state index is 11.5. The first-order chi connectivity index (χ1) is 10.2. The fourth-order valence-electron chi connectivity index (χ4n) is 2.82. The van der Waals surface area contributed by atoms with E-state index in [1.807, 2.05) is 6.07 Å². The number of carbonyl (C=O) groups excluding carboxylic acids is 1. The van der Waals surface area contributed by atoms with Gasteiger partial charge in [-0.1, -0.05) is 6.92 Å². The Bertz CT molecular complexity index is 644. The number of likely N-dealkylation sites (tertiary alicyclic amines) is 1. The van der Waals surface area contributed by atoms with Crippen LogP contribution in [0.25, 0.3) is 5.65 Å². The molecule has 6 nitrogen and oxygen atoms in total. The molecule has 0 spiro atoms. The fourth-order valence-corrected chi connectivity index (χ4v) is 2.82. The Morgan fingerprint density at radius 3 is 2.81 bits per heavy atom. The molecule has 0 saturated carbocycles. The second-order valence-corrected chi connectivity index (χ2v) is 5.39. The maximum atomic E-state index is 11.5. The van der Waals surface area contributed by atoms with Gasteiger partial charge in [-0.3, -0.25) is 0 Å². The molecule has 0 unspecified atom stereocenters. The van der Waals surface area contributed by atoms with Gasteiger partial charge >= 0.3 is 5.97 Å². The van der Waals surface area contributed by atoms with E-state index in [0.717, 1.165) is 43.9 Å². The summed E-state index contributed by atoms with van der Waals surface area (Å²) in [5, 5.41) is 4.54. The standard InChI is InChI=1S/C15H20N4O2/c1-3-18-8-6-11(7-9-18)14-16-13-5-4-12(15(20)21-2)10-19(13)17-14/h4-5,10-11H,3,6-9H2,1-2H3. The Kier molecular flexibility index (Phi) is 3.88. The Labute approximate surface area is 123 Å². The van der Waals surface area contributed by atoms with E-state index in [1.54, 1.807) is 16.8 Å². The number of aromatic nitrogens is 3. The predicted molar refractivity (Wildman–Crippen MR) is 78.4 cm³/mol. The number of carbonyl (C=O) groups is 1. The van der Waals surface area contributed by atoms with Crippen molar-refractivity contribution >= 4 is 11.6 Å². The quantitative estimate of drug-likeness (QED) is 0.805. The number of pyridine rings is 1. The van der Waals surface area contributed by atoms with Gasteiger partial charge in [-0.15, -0.1) is 0 Å². The van der Waals surface area contributed by atoms with Gasteiger partial charge in [0.2, 0.25) is 0 Å². The van der Waals surface area contributed by atoms with Crippen molar-refractivity contribution in [2.45, 2.75) is 25.7 Å². The van der Waals surface area contributed by atoms with E-state index in [1.165, 1.54) is 7.11 Å². The van der Waals surface area contributed by atoms with Gasteiger partial charge < -0.3 is 9.64 Å². The molecule has 3 heterocycles. The van der Waals surface area contributed by atoms with Gasteiger partial charge in [0, 0.05) is 12.1 Å². The number of piperidine rings is 1. The number of ether oxygens (including phenoxy) is 1. The SMILES string of the molecule is CCN1CCC(c2nc3ccc(C(=O)OC)cn3n2)CC1.